The quantitative estimate of drug-likeness (QED) is 0.317. The lowest BCUT2D eigenvalue weighted by molar-refractivity contribution is -0.159. The molecule has 5 bridgehead atoms. The molecule has 7 atom stereocenters. The Morgan fingerprint density at radius 1 is 1.10 bits per heavy atom. The number of esters is 1. The van der Waals surface area contributed by atoms with Gasteiger partial charge in [-0.15, -0.1) is 0 Å². The Morgan fingerprint density at radius 2 is 1.86 bits per heavy atom. The van der Waals surface area contributed by atoms with Crippen molar-refractivity contribution >= 4 is 23.7 Å². The number of aliphatic hydroxyl groups excluding tert-OH is 1. The number of hydrogen-bond donors (Lipinski definition) is 2. The van der Waals surface area contributed by atoms with Crippen LogP contribution in [0.25, 0.3) is 0 Å². The molecule has 2 N–H and O–H groups in total. The summed E-state index contributed by atoms with van der Waals surface area (Å²) in [5.74, 6) is -3.50. The fourth-order valence-corrected chi connectivity index (χ4v) is 6.88. The largest absolute Gasteiger partial charge is 0.460 e. The van der Waals surface area contributed by atoms with E-state index in [9.17, 15) is 24.3 Å². The first-order valence-corrected chi connectivity index (χ1v) is 15.2. The molecule has 5 rings (SSSR count). The molecule has 1 spiro atoms. The first kappa shape index (κ1) is 30.7. The summed E-state index contributed by atoms with van der Waals surface area (Å²) in [4.78, 5) is 60.3. The molecule has 0 aromatic heterocycles. The van der Waals surface area contributed by atoms with Gasteiger partial charge in [0.25, 0.3) is 0 Å². The third-order valence-electron chi connectivity index (χ3n) is 9.17. The second kappa shape index (κ2) is 12.8. The van der Waals surface area contributed by atoms with Crippen molar-refractivity contribution in [2.45, 2.75) is 63.5 Å². The van der Waals surface area contributed by atoms with Crippen molar-refractivity contribution in [2.75, 3.05) is 59.1 Å². The third-order valence-corrected chi connectivity index (χ3v) is 9.17. The summed E-state index contributed by atoms with van der Waals surface area (Å²) in [6, 6.07) is -1.70. The molecule has 0 aromatic rings. The summed E-state index contributed by atoms with van der Waals surface area (Å²) in [7, 11) is 0. The summed E-state index contributed by atoms with van der Waals surface area (Å²) in [6.45, 7) is 9.42. The molecule has 42 heavy (non-hydrogen) atoms. The van der Waals surface area contributed by atoms with Gasteiger partial charge >= 0.3 is 5.97 Å². The smallest absolute Gasteiger partial charge is 0.313 e. The summed E-state index contributed by atoms with van der Waals surface area (Å²) in [6.07, 6.45) is 6.71. The molecule has 5 heterocycles. The first-order chi connectivity index (χ1) is 20.2. The van der Waals surface area contributed by atoms with Crippen LogP contribution in [0, 0.1) is 17.8 Å². The lowest BCUT2D eigenvalue weighted by Gasteiger charge is -2.40. The zero-order valence-corrected chi connectivity index (χ0v) is 24.8. The Hall–Kier alpha value is -2.80. The van der Waals surface area contributed by atoms with E-state index < -0.39 is 47.7 Å². The molecule has 3 amide bonds. The van der Waals surface area contributed by atoms with E-state index in [2.05, 4.69) is 10.2 Å². The molecule has 232 valence electrons. The van der Waals surface area contributed by atoms with Gasteiger partial charge in [-0.3, -0.25) is 24.1 Å². The number of nitrogens with zero attached hydrogens (tertiary/aromatic N) is 3. The Morgan fingerprint density at radius 3 is 2.57 bits per heavy atom. The van der Waals surface area contributed by atoms with E-state index >= 15 is 0 Å². The number of amides is 3. The van der Waals surface area contributed by atoms with Gasteiger partial charge in [-0.25, -0.2) is 0 Å². The highest BCUT2D eigenvalue weighted by Crippen LogP contribution is 2.56. The Labute approximate surface area is 247 Å². The molecule has 0 aromatic carbocycles. The summed E-state index contributed by atoms with van der Waals surface area (Å²) in [5, 5.41) is 13.2. The van der Waals surface area contributed by atoms with E-state index in [0.29, 0.717) is 32.7 Å². The number of likely N-dealkylation sites (tertiary alicyclic amines) is 1. The van der Waals surface area contributed by atoms with Crippen molar-refractivity contribution in [3.05, 3.63) is 24.3 Å². The average molecular weight is 589 g/mol. The van der Waals surface area contributed by atoms with E-state index in [1.807, 2.05) is 26.0 Å². The van der Waals surface area contributed by atoms with Gasteiger partial charge in [0.2, 0.25) is 17.7 Å². The van der Waals surface area contributed by atoms with E-state index in [4.69, 9.17) is 14.2 Å². The van der Waals surface area contributed by atoms with Gasteiger partial charge < -0.3 is 34.4 Å². The van der Waals surface area contributed by atoms with Crippen LogP contribution in [0.4, 0.5) is 0 Å². The number of allylic oxidation sites excluding steroid dienone is 1. The number of carbonyl (C=O) groups excluding carboxylic acids is 4. The molecule has 3 saturated heterocycles. The monoisotopic (exact) mass is 588 g/mol. The van der Waals surface area contributed by atoms with E-state index in [1.54, 1.807) is 24.0 Å². The lowest BCUT2D eigenvalue weighted by atomic mass is 9.74. The van der Waals surface area contributed by atoms with Gasteiger partial charge in [0.15, 0.2) is 0 Å². The second-order valence-electron chi connectivity index (χ2n) is 12.2. The maximum Gasteiger partial charge on any atom is 0.313 e. The highest BCUT2D eigenvalue weighted by molar-refractivity contribution is 5.99. The van der Waals surface area contributed by atoms with Crippen LogP contribution in [0.2, 0.25) is 0 Å². The molecule has 5 aliphatic rings. The van der Waals surface area contributed by atoms with Crippen molar-refractivity contribution in [3.63, 3.8) is 0 Å². The molecule has 0 aliphatic carbocycles. The maximum absolute atomic E-state index is 14.7. The predicted octanol–water partition coefficient (Wildman–Crippen LogP) is -0.287. The minimum absolute atomic E-state index is 0.147. The van der Waals surface area contributed by atoms with Crippen LogP contribution in [0.5, 0.6) is 0 Å². The normalized spacial score (nSPS) is 35.9. The number of hydrogen-bond acceptors (Lipinski definition) is 9. The molecule has 3 fully saturated rings. The molecule has 12 nitrogen and oxygen atoms in total. The minimum Gasteiger partial charge on any atom is -0.460 e. The number of aliphatic hydroxyl groups is 1. The van der Waals surface area contributed by atoms with Gasteiger partial charge in [0, 0.05) is 39.1 Å². The molecular weight excluding hydrogens is 544 g/mol. The van der Waals surface area contributed by atoms with Crippen LogP contribution < -0.4 is 5.32 Å². The van der Waals surface area contributed by atoms with Crippen molar-refractivity contribution in [3.8, 4) is 0 Å². The van der Waals surface area contributed by atoms with E-state index in [-0.39, 0.29) is 49.8 Å². The number of fused-ring (bicyclic) bond motifs is 2. The fourth-order valence-electron chi connectivity index (χ4n) is 6.88. The Kier molecular flexibility index (Phi) is 9.36. The number of ether oxygens (including phenoxy) is 3. The van der Waals surface area contributed by atoms with Gasteiger partial charge in [-0.05, 0) is 19.3 Å². The highest BCUT2D eigenvalue weighted by Gasteiger charge is 2.74. The first-order valence-electron chi connectivity index (χ1n) is 15.2. The molecular formula is C30H44N4O8. The standard InChI is InChI=1S/C30H44N4O8/c1-19(2)21(18-35)34-26-28(38)33(12-11-32-13-15-40-16-14-32)10-6-4-5-7-23(36)31-17-20(3)41-29(39)24-22-8-9-30(26,42-22)25(24)27(34)37/h4,6,8-9,19-22,24-26,35H,5,7,10-18H2,1-3H3,(H,31,36)/b6-4-/t20-,21+,22+,24-,25-,26+,30-/m1/s1. The van der Waals surface area contributed by atoms with Crippen molar-refractivity contribution in [1.82, 2.24) is 20.0 Å². The van der Waals surface area contributed by atoms with Gasteiger partial charge in [0.05, 0.1) is 44.4 Å². The molecule has 0 saturated carbocycles. The summed E-state index contributed by atoms with van der Waals surface area (Å²) in [5.41, 5.74) is -1.35. The van der Waals surface area contributed by atoms with Gasteiger partial charge in [-0.1, -0.05) is 38.2 Å². The van der Waals surface area contributed by atoms with Crippen molar-refractivity contribution < 1.29 is 38.5 Å². The number of cyclic esters (lactones) is 1. The molecule has 5 aliphatic heterocycles. The van der Waals surface area contributed by atoms with E-state index in [0.717, 1.165) is 13.1 Å². The van der Waals surface area contributed by atoms with Crippen molar-refractivity contribution in [1.29, 1.82) is 0 Å². The maximum atomic E-state index is 14.7. The average Bonchev–Trinajstić information content (AvgIpc) is 3.61. The second-order valence-corrected chi connectivity index (χ2v) is 12.2. The van der Waals surface area contributed by atoms with Gasteiger partial charge in [0.1, 0.15) is 23.7 Å². The van der Waals surface area contributed by atoms with Crippen LogP contribution in [0.3, 0.4) is 0 Å². The zero-order chi connectivity index (χ0) is 30.0. The number of carbonyl (C=O) groups is 4. The zero-order valence-electron chi connectivity index (χ0n) is 24.8. The lowest BCUT2D eigenvalue weighted by Crippen LogP contribution is -2.60. The Balaban J connectivity index is 1.53. The van der Waals surface area contributed by atoms with Crippen LogP contribution in [-0.4, -0.2) is 132 Å². The minimum atomic E-state index is -1.35. The van der Waals surface area contributed by atoms with E-state index in [1.165, 1.54) is 4.90 Å². The topological polar surface area (TPSA) is 138 Å². The predicted molar refractivity (Wildman–Crippen MR) is 151 cm³/mol. The highest BCUT2D eigenvalue weighted by atomic mass is 16.6. The van der Waals surface area contributed by atoms with Gasteiger partial charge in [-0.2, -0.15) is 0 Å². The third kappa shape index (κ3) is 5.73. The summed E-state index contributed by atoms with van der Waals surface area (Å²) < 4.78 is 17.6. The Bertz CT molecular complexity index is 1100. The summed E-state index contributed by atoms with van der Waals surface area (Å²) >= 11 is 0. The molecule has 12 heteroatoms. The molecule has 0 radical (unpaired) electrons. The SMILES string of the molecule is CC(C)[C@H](CO)N1C(=O)[C@H]2[C@@H]3C(=O)O[C@H](C)CNC(=O)CC/C=C\CN(CCN4CCOCC4)C(=O)[C@H]1[C@@]21C=C[C@@H]3O1. The van der Waals surface area contributed by atoms with Crippen molar-refractivity contribution in [2.24, 2.45) is 17.8 Å². The molecule has 0 unspecified atom stereocenters. The number of morpholine rings is 1. The van der Waals surface area contributed by atoms with Crippen LogP contribution in [-0.2, 0) is 33.4 Å². The number of nitrogens with one attached hydrogen (secondary N) is 1. The fraction of sp³-hybridized carbons (Fsp3) is 0.733. The van der Waals surface area contributed by atoms with Crippen LogP contribution in [0.15, 0.2) is 24.3 Å². The van der Waals surface area contributed by atoms with Crippen LogP contribution in [0.1, 0.15) is 33.6 Å². The van der Waals surface area contributed by atoms with Crippen LogP contribution >= 0.6 is 0 Å². The number of rotatable bonds is 6.